The van der Waals surface area contributed by atoms with Gasteiger partial charge in [0.1, 0.15) is 5.82 Å². The molecule has 2 rings (SSSR count). The van der Waals surface area contributed by atoms with Crippen molar-refractivity contribution in [3.8, 4) is 0 Å². The molecule has 0 fully saturated rings. The molecule has 0 saturated carbocycles. The molecule has 0 aliphatic rings. The lowest BCUT2D eigenvalue weighted by Crippen LogP contribution is -2.07. The molecule has 0 unspecified atom stereocenters. The van der Waals surface area contributed by atoms with Crippen LogP contribution in [-0.4, -0.2) is 11.1 Å². The van der Waals surface area contributed by atoms with E-state index in [-0.39, 0.29) is 12.2 Å². The zero-order chi connectivity index (χ0) is 14.5. The highest BCUT2D eigenvalue weighted by molar-refractivity contribution is 9.10. The molecule has 0 amide bonds. The summed E-state index contributed by atoms with van der Waals surface area (Å²) >= 11 is 3.28. The van der Waals surface area contributed by atoms with Crippen molar-refractivity contribution < 1.29 is 14.3 Å². The SMILES string of the molecule is O=C(O)Cc1ccccc1CNc1ccc(F)cc1Br. The fraction of sp³-hybridized carbons (Fsp3) is 0.133. The molecule has 5 heteroatoms. The van der Waals surface area contributed by atoms with Crippen LogP contribution < -0.4 is 5.32 Å². The molecule has 0 heterocycles. The van der Waals surface area contributed by atoms with Gasteiger partial charge in [-0.3, -0.25) is 4.79 Å². The summed E-state index contributed by atoms with van der Waals surface area (Å²) in [4.78, 5) is 10.8. The standard InChI is InChI=1S/C15H13BrFNO2/c16-13-8-12(17)5-6-14(13)18-9-11-4-2-1-3-10(11)7-15(19)20/h1-6,8,18H,7,9H2,(H,19,20). The van der Waals surface area contributed by atoms with Crippen molar-refractivity contribution in [2.75, 3.05) is 5.32 Å². The van der Waals surface area contributed by atoms with Crippen LogP contribution in [0.3, 0.4) is 0 Å². The Bertz CT molecular complexity index is 631. The van der Waals surface area contributed by atoms with Crippen molar-refractivity contribution in [3.05, 3.63) is 63.9 Å². The van der Waals surface area contributed by atoms with Crippen molar-refractivity contribution in [2.24, 2.45) is 0 Å². The maximum absolute atomic E-state index is 13.0. The van der Waals surface area contributed by atoms with E-state index in [9.17, 15) is 9.18 Å². The van der Waals surface area contributed by atoms with Gasteiger partial charge < -0.3 is 10.4 Å². The topological polar surface area (TPSA) is 49.3 Å². The average Bonchev–Trinajstić information content (AvgIpc) is 2.39. The molecule has 0 saturated heterocycles. The van der Waals surface area contributed by atoms with Crippen LogP contribution in [0.15, 0.2) is 46.9 Å². The van der Waals surface area contributed by atoms with E-state index in [2.05, 4.69) is 21.2 Å². The molecule has 0 bridgehead atoms. The van der Waals surface area contributed by atoms with E-state index in [4.69, 9.17) is 5.11 Å². The Hall–Kier alpha value is -1.88. The number of hydrogen-bond acceptors (Lipinski definition) is 2. The van der Waals surface area contributed by atoms with Gasteiger partial charge in [-0.2, -0.15) is 0 Å². The Labute approximate surface area is 124 Å². The summed E-state index contributed by atoms with van der Waals surface area (Å²) in [5, 5.41) is 12.0. The third-order valence-electron chi connectivity index (χ3n) is 2.86. The van der Waals surface area contributed by atoms with E-state index in [0.29, 0.717) is 11.0 Å². The third kappa shape index (κ3) is 3.81. The Morgan fingerprint density at radius 1 is 1.20 bits per heavy atom. The van der Waals surface area contributed by atoms with Gasteiger partial charge in [-0.1, -0.05) is 24.3 Å². The average molecular weight is 338 g/mol. The number of halogens is 2. The molecule has 2 aromatic rings. The van der Waals surface area contributed by atoms with Crippen LogP contribution in [0.1, 0.15) is 11.1 Å². The third-order valence-corrected chi connectivity index (χ3v) is 3.52. The molecule has 2 aromatic carbocycles. The molecule has 104 valence electrons. The second-order valence-corrected chi connectivity index (χ2v) is 5.17. The predicted octanol–water partition coefficient (Wildman–Crippen LogP) is 3.83. The summed E-state index contributed by atoms with van der Waals surface area (Å²) in [5.74, 6) is -1.17. The van der Waals surface area contributed by atoms with Crippen molar-refractivity contribution in [2.45, 2.75) is 13.0 Å². The molecule has 0 atom stereocenters. The minimum atomic E-state index is -0.861. The van der Waals surface area contributed by atoms with E-state index in [0.717, 1.165) is 16.8 Å². The highest BCUT2D eigenvalue weighted by atomic mass is 79.9. The Balaban J connectivity index is 2.12. The molecule has 0 aliphatic carbocycles. The molecule has 0 aliphatic heterocycles. The predicted molar refractivity (Wildman–Crippen MR) is 79.2 cm³/mol. The minimum Gasteiger partial charge on any atom is -0.481 e. The zero-order valence-electron chi connectivity index (χ0n) is 10.6. The number of carboxylic acid groups (broad SMARTS) is 1. The first-order valence-corrected chi connectivity index (χ1v) is 6.83. The molecule has 0 aromatic heterocycles. The number of benzene rings is 2. The van der Waals surface area contributed by atoms with Gasteiger partial charge in [-0.15, -0.1) is 0 Å². The van der Waals surface area contributed by atoms with Crippen LogP contribution in [0, 0.1) is 5.82 Å². The Morgan fingerprint density at radius 3 is 2.55 bits per heavy atom. The molecular weight excluding hydrogens is 325 g/mol. The molecule has 20 heavy (non-hydrogen) atoms. The van der Waals surface area contributed by atoms with Gasteiger partial charge in [0, 0.05) is 16.7 Å². The quantitative estimate of drug-likeness (QED) is 0.871. The van der Waals surface area contributed by atoms with Gasteiger partial charge in [0.2, 0.25) is 0 Å². The fourth-order valence-electron chi connectivity index (χ4n) is 1.89. The lowest BCUT2D eigenvalue weighted by atomic mass is 10.0. The van der Waals surface area contributed by atoms with Gasteiger partial charge in [0.15, 0.2) is 0 Å². The van der Waals surface area contributed by atoms with Crippen LogP contribution in [0.2, 0.25) is 0 Å². The zero-order valence-corrected chi connectivity index (χ0v) is 12.2. The summed E-state index contributed by atoms with van der Waals surface area (Å²) < 4.78 is 13.6. The Kier molecular flexibility index (Phi) is 4.74. The number of nitrogens with one attached hydrogen (secondary N) is 1. The molecule has 0 spiro atoms. The summed E-state index contributed by atoms with van der Waals surface area (Å²) in [5.41, 5.74) is 2.44. The van der Waals surface area contributed by atoms with Crippen molar-refractivity contribution >= 4 is 27.6 Å². The number of anilines is 1. The van der Waals surface area contributed by atoms with E-state index in [1.165, 1.54) is 12.1 Å². The molecular formula is C15H13BrFNO2. The summed E-state index contributed by atoms with van der Waals surface area (Å²) in [7, 11) is 0. The van der Waals surface area contributed by atoms with E-state index in [1.807, 2.05) is 18.2 Å². The van der Waals surface area contributed by atoms with Crippen molar-refractivity contribution in [1.82, 2.24) is 0 Å². The second kappa shape index (κ2) is 6.52. The summed E-state index contributed by atoms with van der Waals surface area (Å²) in [6, 6.07) is 11.7. The first-order chi connectivity index (χ1) is 9.56. The number of carbonyl (C=O) groups is 1. The van der Waals surface area contributed by atoms with Crippen LogP contribution >= 0.6 is 15.9 Å². The summed E-state index contributed by atoms with van der Waals surface area (Å²) in [6.45, 7) is 0.480. The maximum atomic E-state index is 13.0. The molecule has 3 nitrogen and oxygen atoms in total. The second-order valence-electron chi connectivity index (χ2n) is 4.32. The first kappa shape index (κ1) is 14.5. The van der Waals surface area contributed by atoms with Gasteiger partial charge in [-0.05, 0) is 45.3 Å². The smallest absolute Gasteiger partial charge is 0.307 e. The number of rotatable bonds is 5. The first-order valence-electron chi connectivity index (χ1n) is 6.04. The van der Waals surface area contributed by atoms with Gasteiger partial charge >= 0.3 is 5.97 Å². The highest BCUT2D eigenvalue weighted by Gasteiger charge is 2.07. The van der Waals surface area contributed by atoms with E-state index < -0.39 is 5.97 Å². The van der Waals surface area contributed by atoms with Crippen LogP contribution in [0.4, 0.5) is 10.1 Å². The normalized spacial score (nSPS) is 10.3. The van der Waals surface area contributed by atoms with Gasteiger partial charge in [-0.25, -0.2) is 4.39 Å². The fourth-order valence-corrected chi connectivity index (χ4v) is 2.38. The lowest BCUT2D eigenvalue weighted by Gasteiger charge is -2.11. The monoisotopic (exact) mass is 337 g/mol. The highest BCUT2D eigenvalue weighted by Crippen LogP contribution is 2.24. The number of aliphatic carboxylic acids is 1. The number of hydrogen-bond donors (Lipinski definition) is 2. The van der Waals surface area contributed by atoms with Gasteiger partial charge in [0.05, 0.1) is 6.42 Å². The molecule has 2 N–H and O–H groups in total. The van der Waals surface area contributed by atoms with Crippen LogP contribution in [0.5, 0.6) is 0 Å². The number of carboxylic acids is 1. The Morgan fingerprint density at radius 2 is 1.90 bits per heavy atom. The van der Waals surface area contributed by atoms with E-state index >= 15 is 0 Å². The summed E-state index contributed by atoms with van der Waals surface area (Å²) in [6.07, 6.45) is -0.0115. The largest absolute Gasteiger partial charge is 0.481 e. The van der Waals surface area contributed by atoms with Crippen molar-refractivity contribution in [1.29, 1.82) is 0 Å². The lowest BCUT2D eigenvalue weighted by molar-refractivity contribution is -0.136. The van der Waals surface area contributed by atoms with Crippen LogP contribution in [-0.2, 0) is 17.8 Å². The van der Waals surface area contributed by atoms with E-state index in [1.54, 1.807) is 12.1 Å². The maximum Gasteiger partial charge on any atom is 0.307 e. The minimum absolute atomic E-state index is 0.0115. The van der Waals surface area contributed by atoms with Crippen LogP contribution in [0.25, 0.3) is 0 Å². The molecule has 0 radical (unpaired) electrons. The van der Waals surface area contributed by atoms with Crippen molar-refractivity contribution in [3.63, 3.8) is 0 Å². The van der Waals surface area contributed by atoms with Gasteiger partial charge in [0.25, 0.3) is 0 Å².